The van der Waals surface area contributed by atoms with E-state index < -0.39 is 12.2 Å². The molecule has 2 aliphatic rings. The van der Waals surface area contributed by atoms with Crippen LogP contribution in [0.1, 0.15) is 31.6 Å². The lowest BCUT2D eigenvalue weighted by Crippen LogP contribution is -2.35. The number of benzene rings is 1. The van der Waals surface area contributed by atoms with Gasteiger partial charge in [-0.3, -0.25) is 5.32 Å². The van der Waals surface area contributed by atoms with Gasteiger partial charge in [-0.05, 0) is 22.6 Å². The maximum atomic E-state index is 12.3. The van der Waals surface area contributed by atoms with E-state index in [0.29, 0.717) is 18.0 Å². The predicted octanol–water partition coefficient (Wildman–Crippen LogP) is 1.76. The molecule has 0 unspecified atom stereocenters. The van der Waals surface area contributed by atoms with E-state index in [9.17, 15) is 4.79 Å². The second-order valence-corrected chi connectivity index (χ2v) is 7.10. The third-order valence-corrected chi connectivity index (χ3v) is 4.91. The number of anilines is 1. The summed E-state index contributed by atoms with van der Waals surface area (Å²) in [4.78, 5) is 12.3. The molecule has 2 fully saturated rings. The zero-order valence-electron chi connectivity index (χ0n) is 15.9. The standard InChI is InChI=1S/C18H23N5O5/c1-10(2)17-20-21-22-23(17)13-8-26-16-14(9-27-15(13)16)28-18(24)19-11-5-4-6-12(7-11)25-3/h4-7,10,13-16H,8-9H2,1-3H3,(H,19,24)/t13-,14-,15-,16+/m1/s1. The van der Waals surface area contributed by atoms with Gasteiger partial charge in [-0.25, -0.2) is 9.48 Å². The number of carbonyl (C=O) groups excluding carboxylic acids is 1. The molecule has 0 bridgehead atoms. The highest BCUT2D eigenvalue weighted by Gasteiger charge is 2.51. The Kier molecular flexibility index (Phi) is 5.14. The van der Waals surface area contributed by atoms with E-state index in [-0.39, 0.29) is 30.8 Å². The summed E-state index contributed by atoms with van der Waals surface area (Å²) in [7, 11) is 1.57. The Balaban J connectivity index is 1.39. The van der Waals surface area contributed by atoms with Gasteiger partial charge in [0, 0.05) is 17.7 Å². The summed E-state index contributed by atoms with van der Waals surface area (Å²) in [5, 5.41) is 14.7. The van der Waals surface area contributed by atoms with Gasteiger partial charge < -0.3 is 18.9 Å². The van der Waals surface area contributed by atoms with Crippen LogP contribution in [0.25, 0.3) is 0 Å². The SMILES string of the molecule is COc1cccc(NC(=O)O[C@@H]2CO[C@H]3[C@H]2OC[C@H]3n2nnnc2C(C)C)c1. The summed E-state index contributed by atoms with van der Waals surface area (Å²) >= 11 is 0. The predicted molar refractivity (Wildman–Crippen MR) is 97.3 cm³/mol. The van der Waals surface area contributed by atoms with Crippen molar-refractivity contribution in [3.63, 3.8) is 0 Å². The molecule has 28 heavy (non-hydrogen) atoms. The molecule has 0 spiro atoms. The van der Waals surface area contributed by atoms with Crippen LogP contribution in [0.5, 0.6) is 5.75 Å². The van der Waals surface area contributed by atoms with E-state index in [2.05, 4.69) is 20.8 Å². The highest BCUT2D eigenvalue weighted by molar-refractivity contribution is 5.85. The zero-order valence-corrected chi connectivity index (χ0v) is 15.9. The summed E-state index contributed by atoms with van der Waals surface area (Å²) in [6.07, 6.45) is -1.69. The molecular weight excluding hydrogens is 366 g/mol. The van der Waals surface area contributed by atoms with E-state index in [1.807, 2.05) is 13.8 Å². The molecule has 0 radical (unpaired) electrons. The van der Waals surface area contributed by atoms with Crippen LogP contribution < -0.4 is 10.1 Å². The van der Waals surface area contributed by atoms with Gasteiger partial charge in [-0.15, -0.1) is 5.10 Å². The number of rotatable bonds is 5. The summed E-state index contributed by atoms with van der Waals surface area (Å²) < 4.78 is 24.2. The highest BCUT2D eigenvalue weighted by atomic mass is 16.6. The van der Waals surface area contributed by atoms with Gasteiger partial charge >= 0.3 is 6.09 Å². The van der Waals surface area contributed by atoms with E-state index in [0.717, 1.165) is 5.82 Å². The topological polar surface area (TPSA) is 110 Å². The Morgan fingerprint density at radius 3 is 2.89 bits per heavy atom. The lowest BCUT2D eigenvalue weighted by Gasteiger charge is -2.18. The number of tetrazole rings is 1. The lowest BCUT2D eigenvalue weighted by atomic mass is 10.1. The van der Waals surface area contributed by atoms with Gasteiger partial charge in [0.2, 0.25) is 0 Å². The molecule has 2 saturated heterocycles. The zero-order chi connectivity index (χ0) is 19.7. The minimum atomic E-state index is -0.570. The largest absolute Gasteiger partial charge is 0.497 e. The first kappa shape index (κ1) is 18.6. The summed E-state index contributed by atoms with van der Waals surface area (Å²) in [5.74, 6) is 1.60. The first-order valence-electron chi connectivity index (χ1n) is 9.19. The van der Waals surface area contributed by atoms with Crippen molar-refractivity contribution < 1.29 is 23.7 Å². The Morgan fingerprint density at radius 1 is 1.29 bits per heavy atom. The van der Waals surface area contributed by atoms with E-state index in [1.165, 1.54) is 0 Å². The highest BCUT2D eigenvalue weighted by Crippen LogP contribution is 2.36. The fourth-order valence-electron chi connectivity index (χ4n) is 3.56. The molecule has 1 amide bonds. The molecule has 4 rings (SSSR count). The summed E-state index contributed by atoms with van der Waals surface area (Å²) in [5.41, 5.74) is 0.584. The van der Waals surface area contributed by atoms with Crippen molar-refractivity contribution in [2.75, 3.05) is 25.6 Å². The van der Waals surface area contributed by atoms with Gasteiger partial charge in [0.25, 0.3) is 0 Å². The number of fused-ring (bicyclic) bond motifs is 1. The van der Waals surface area contributed by atoms with Gasteiger partial charge in [0.1, 0.15) is 24.0 Å². The maximum Gasteiger partial charge on any atom is 0.412 e. The first-order chi connectivity index (χ1) is 13.6. The van der Waals surface area contributed by atoms with Gasteiger partial charge in [-0.1, -0.05) is 19.9 Å². The minimum absolute atomic E-state index is 0.146. The second-order valence-electron chi connectivity index (χ2n) is 7.10. The number of nitrogens with zero attached hydrogens (tertiary/aromatic N) is 4. The average molecular weight is 389 g/mol. The fourth-order valence-corrected chi connectivity index (χ4v) is 3.56. The van der Waals surface area contributed by atoms with Crippen LogP contribution in [0.3, 0.4) is 0 Å². The van der Waals surface area contributed by atoms with E-state index in [1.54, 1.807) is 36.1 Å². The third-order valence-electron chi connectivity index (χ3n) is 4.91. The van der Waals surface area contributed by atoms with Crippen molar-refractivity contribution in [3.05, 3.63) is 30.1 Å². The molecule has 150 valence electrons. The monoisotopic (exact) mass is 389 g/mol. The molecule has 1 N–H and O–H groups in total. The van der Waals surface area contributed by atoms with Crippen molar-refractivity contribution in [2.24, 2.45) is 0 Å². The molecule has 0 aliphatic carbocycles. The molecule has 0 saturated carbocycles. The van der Waals surface area contributed by atoms with E-state index >= 15 is 0 Å². The van der Waals surface area contributed by atoms with Crippen LogP contribution in [0.4, 0.5) is 10.5 Å². The van der Waals surface area contributed by atoms with Crippen molar-refractivity contribution in [1.82, 2.24) is 20.2 Å². The van der Waals surface area contributed by atoms with Gasteiger partial charge in [-0.2, -0.15) is 0 Å². The molecule has 2 aliphatic heterocycles. The number of nitrogens with one attached hydrogen (secondary N) is 1. The molecule has 10 heteroatoms. The number of carbonyl (C=O) groups is 1. The molecule has 1 aromatic carbocycles. The fraction of sp³-hybridized carbons (Fsp3) is 0.556. The summed E-state index contributed by atoms with van der Waals surface area (Å²) in [6.45, 7) is 4.72. The van der Waals surface area contributed by atoms with Crippen LogP contribution in [-0.4, -0.2) is 64.9 Å². The smallest absolute Gasteiger partial charge is 0.412 e. The third kappa shape index (κ3) is 3.52. The maximum absolute atomic E-state index is 12.3. The number of ether oxygens (including phenoxy) is 4. The van der Waals surface area contributed by atoms with Crippen LogP contribution in [0.2, 0.25) is 0 Å². The molecule has 10 nitrogen and oxygen atoms in total. The van der Waals surface area contributed by atoms with Gasteiger partial charge in [0.05, 0.1) is 20.3 Å². The van der Waals surface area contributed by atoms with E-state index in [4.69, 9.17) is 18.9 Å². The average Bonchev–Trinajstić information content (AvgIpc) is 3.38. The second kappa shape index (κ2) is 7.72. The lowest BCUT2D eigenvalue weighted by molar-refractivity contribution is 0.00763. The van der Waals surface area contributed by atoms with Crippen molar-refractivity contribution in [1.29, 1.82) is 0 Å². The molecule has 2 aromatic rings. The van der Waals surface area contributed by atoms with Crippen LogP contribution in [0, 0.1) is 0 Å². The number of hydrogen-bond donors (Lipinski definition) is 1. The Hall–Kier alpha value is -2.72. The number of aromatic nitrogens is 4. The minimum Gasteiger partial charge on any atom is -0.497 e. The Labute approximate surface area is 162 Å². The molecule has 4 atom stereocenters. The molecule has 1 aromatic heterocycles. The Morgan fingerprint density at radius 2 is 2.11 bits per heavy atom. The Bertz CT molecular complexity index is 841. The van der Waals surface area contributed by atoms with Gasteiger partial charge in [0.15, 0.2) is 11.9 Å². The number of hydrogen-bond acceptors (Lipinski definition) is 8. The van der Waals surface area contributed by atoms with Crippen molar-refractivity contribution >= 4 is 11.8 Å². The number of methoxy groups -OCH3 is 1. The van der Waals surface area contributed by atoms with Crippen molar-refractivity contribution in [3.8, 4) is 5.75 Å². The first-order valence-corrected chi connectivity index (χ1v) is 9.19. The quantitative estimate of drug-likeness (QED) is 0.824. The van der Waals surface area contributed by atoms with Crippen LogP contribution in [-0.2, 0) is 14.2 Å². The number of amides is 1. The molecular formula is C18H23N5O5. The molecule has 3 heterocycles. The summed E-state index contributed by atoms with van der Waals surface area (Å²) in [6, 6.07) is 6.90. The van der Waals surface area contributed by atoms with Crippen molar-refractivity contribution in [2.45, 2.75) is 44.1 Å². The van der Waals surface area contributed by atoms with Crippen LogP contribution >= 0.6 is 0 Å². The van der Waals surface area contributed by atoms with Crippen LogP contribution in [0.15, 0.2) is 24.3 Å². The normalized spacial score (nSPS) is 26.3.